The van der Waals surface area contributed by atoms with Gasteiger partial charge in [0.2, 0.25) is 5.91 Å². The molecule has 4 N–H and O–H groups in total. The number of anilines is 1. The van der Waals surface area contributed by atoms with Gasteiger partial charge in [-0.1, -0.05) is 29.8 Å². The normalized spacial score (nSPS) is 11.4. The van der Waals surface area contributed by atoms with Crippen molar-refractivity contribution in [3.63, 3.8) is 0 Å². The second-order valence-electron chi connectivity index (χ2n) is 6.83. The molecule has 134 valence electrons. The van der Waals surface area contributed by atoms with E-state index in [2.05, 4.69) is 20.5 Å². The number of aromatic amines is 1. The van der Waals surface area contributed by atoms with Crippen molar-refractivity contribution >= 4 is 11.6 Å². The summed E-state index contributed by atoms with van der Waals surface area (Å²) in [7, 11) is 0. The van der Waals surface area contributed by atoms with Crippen LogP contribution in [0.1, 0.15) is 30.8 Å². The quantitative estimate of drug-likeness (QED) is 0.659. The van der Waals surface area contributed by atoms with Crippen LogP contribution in [0.3, 0.4) is 0 Å². The molecule has 0 spiro atoms. The SMILES string of the molecule is Cc1ccc(C(C)(C)C(=O)Nc2ccc(-c3n[nH]c(CN)n3)cc2)cc1. The summed E-state index contributed by atoms with van der Waals surface area (Å²) in [5.74, 6) is 1.16. The molecule has 0 fully saturated rings. The van der Waals surface area contributed by atoms with Crippen molar-refractivity contribution in [1.82, 2.24) is 15.2 Å². The highest BCUT2D eigenvalue weighted by Gasteiger charge is 2.29. The fourth-order valence-electron chi connectivity index (χ4n) is 2.61. The van der Waals surface area contributed by atoms with Crippen molar-refractivity contribution in [1.29, 1.82) is 0 Å². The lowest BCUT2D eigenvalue weighted by atomic mass is 9.83. The van der Waals surface area contributed by atoms with Crippen LogP contribution in [0.2, 0.25) is 0 Å². The largest absolute Gasteiger partial charge is 0.325 e. The Kier molecular flexibility index (Phi) is 4.86. The fourth-order valence-corrected chi connectivity index (χ4v) is 2.61. The van der Waals surface area contributed by atoms with Gasteiger partial charge in [0.05, 0.1) is 12.0 Å². The number of nitrogens with one attached hydrogen (secondary N) is 2. The van der Waals surface area contributed by atoms with Crippen LogP contribution in [0.5, 0.6) is 0 Å². The first kappa shape index (κ1) is 17.8. The zero-order chi connectivity index (χ0) is 18.7. The van der Waals surface area contributed by atoms with Crippen LogP contribution in [0, 0.1) is 6.92 Å². The third kappa shape index (κ3) is 3.65. The average molecular weight is 349 g/mol. The summed E-state index contributed by atoms with van der Waals surface area (Å²) in [6, 6.07) is 15.5. The molecule has 0 atom stereocenters. The van der Waals surface area contributed by atoms with Gasteiger partial charge in [-0.2, -0.15) is 5.10 Å². The molecule has 0 aliphatic rings. The lowest BCUT2D eigenvalue weighted by Crippen LogP contribution is -2.34. The van der Waals surface area contributed by atoms with Gasteiger partial charge in [0.15, 0.2) is 5.82 Å². The molecule has 0 aliphatic heterocycles. The molecule has 1 aromatic heterocycles. The zero-order valence-electron chi connectivity index (χ0n) is 15.2. The van der Waals surface area contributed by atoms with Crippen molar-refractivity contribution < 1.29 is 4.79 Å². The standard InChI is InChI=1S/C20H23N5O/c1-13-4-8-15(9-5-13)20(2,3)19(26)22-16-10-6-14(7-11-16)18-23-17(12-21)24-25-18/h4-11H,12,21H2,1-3H3,(H,22,26)(H,23,24,25). The molecule has 1 amide bonds. The molecule has 2 aromatic carbocycles. The number of hydrogen-bond donors (Lipinski definition) is 3. The van der Waals surface area contributed by atoms with E-state index >= 15 is 0 Å². The minimum Gasteiger partial charge on any atom is -0.325 e. The molecule has 26 heavy (non-hydrogen) atoms. The number of aryl methyl sites for hydroxylation is 1. The minimum absolute atomic E-state index is 0.0579. The Morgan fingerprint density at radius 3 is 2.35 bits per heavy atom. The Balaban J connectivity index is 1.73. The Bertz CT molecular complexity index is 895. The van der Waals surface area contributed by atoms with Gasteiger partial charge < -0.3 is 11.1 Å². The van der Waals surface area contributed by atoms with Gasteiger partial charge in [-0.25, -0.2) is 4.98 Å². The highest BCUT2D eigenvalue weighted by molar-refractivity contribution is 5.98. The van der Waals surface area contributed by atoms with Crippen molar-refractivity contribution in [3.05, 3.63) is 65.5 Å². The Labute approximate surface area is 152 Å². The number of carbonyl (C=O) groups excluding carboxylic acids is 1. The molecule has 0 bridgehead atoms. The topological polar surface area (TPSA) is 96.7 Å². The molecule has 1 heterocycles. The minimum atomic E-state index is -0.633. The summed E-state index contributed by atoms with van der Waals surface area (Å²) >= 11 is 0. The van der Waals surface area contributed by atoms with Crippen molar-refractivity contribution in [2.75, 3.05) is 5.32 Å². The average Bonchev–Trinajstić information content (AvgIpc) is 3.12. The summed E-state index contributed by atoms with van der Waals surface area (Å²) in [5.41, 5.74) is 8.64. The van der Waals surface area contributed by atoms with Crippen LogP contribution >= 0.6 is 0 Å². The number of carbonyl (C=O) groups is 1. The van der Waals surface area contributed by atoms with E-state index in [1.54, 1.807) is 0 Å². The van der Waals surface area contributed by atoms with Crippen molar-refractivity contribution in [2.45, 2.75) is 32.7 Å². The number of rotatable bonds is 5. The van der Waals surface area contributed by atoms with E-state index < -0.39 is 5.41 Å². The number of aromatic nitrogens is 3. The van der Waals surface area contributed by atoms with Crippen LogP contribution in [0.4, 0.5) is 5.69 Å². The molecule has 0 radical (unpaired) electrons. The predicted octanol–water partition coefficient (Wildman–Crippen LogP) is 3.16. The van der Waals surface area contributed by atoms with Gasteiger partial charge in [-0.3, -0.25) is 9.89 Å². The summed E-state index contributed by atoms with van der Waals surface area (Å²) in [6.45, 7) is 6.19. The maximum Gasteiger partial charge on any atom is 0.234 e. The molecule has 0 aliphatic carbocycles. The molecular weight excluding hydrogens is 326 g/mol. The number of hydrogen-bond acceptors (Lipinski definition) is 4. The Morgan fingerprint density at radius 1 is 1.12 bits per heavy atom. The van der Waals surface area contributed by atoms with Crippen LogP contribution in [-0.2, 0) is 16.8 Å². The maximum absolute atomic E-state index is 12.8. The Morgan fingerprint density at radius 2 is 1.77 bits per heavy atom. The van der Waals surface area contributed by atoms with E-state index in [0.29, 0.717) is 18.2 Å². The van der Waals surface area contributed by atoms with Gasteiger partial charge in [-0.15, -0.1) is 0 Å². The Hall–Kier alpha value is -2.99. The third-order valence-electron chi connectivity index (χ3n) is 4.47. The number of H-pyrrole nitrogens is 1. The van der Waals surface area contributed by atoms with Crippen LogP contribution in [-0.4, -0.2) is 21.1 Å². The molecule has 0 saturated carbocycles. The summed E-state index contributed by atoms with van der Waals surface area (Å²) in [6.07, 6.45) is 0. The molecule has 3 rings (SSSR count). The molecular formula is C20H23N5O. The maximum atomic E-state index is 12.8. The summed E-state index contributed by atoms with van der Waals surface area (Å²) in [4.78, 5) is 17.1. The van der Waals surface area contributed by atoms with Gasteiger partial charge in [-0.05, 0) is 50.6 Å². The number of amides is 1. The first-order chi connectivity index (χ1) is 12.4. The van der Waals surface area contributed by atoms with E-state index in [1.807, 2.05) is 69.3 Å². The number of benzene rings is 2. The summed E-state index contributed by atoms with van der Waals surface area (Å²) in [5, 5.41) is 9.90. The van der Waals surface area contributed by atoms with Gasteiger partial charge >= 0.3 is 0 Å². The first-order valence-corrected chi connectivity index (χ1v) is 8.50. The fraction of sp³-hybridized carbons (Fsp3) is 0.250. The smallest absolute Gasteiger partial charge is 0.234 e. The highest BCUT2D eigenvalue weighted by atomic mass is 16.2. The molecule has 6 nitrogen and oxygen atoms in total. The first-order valence-electron chi connectivity index (χ1n) is 8.50. The van der Waals surface area contributed by atoms with Gasteiger partial charge in [0, 0.05) is 11.3 Å². The van der Waals surface area contributed by atoms with Crippen LogP contribution in [0.15, 0.2) is 48.5 Å². The third-order valence-corrected chi connectivity index (χ3v) is 4.47. The van der Waals surface area contributed by atoms with Gasteiger partial charge in [0.1, 0.15) is 5.82 Å². The molecule has 6 heteroatoms. The van der Waals surface area contributed by atoms with E-state index in [4.69, 9.17) is 5.73 Å². The predicted molar refractivity (Wildman–Crippen MR) is 103 cm³/mol. The lowest BCUT2D eigenvalue weighted by Gasteiger charge is -2.24. The van der Waals surface area contributed by atoms with Gasteiger partial charge in [0.25, 0.3) is 0 Å². The second-order valence-corrected chi connectivity index (χ2v) is 6.83. The van der Waals surface area contributed by atoms with Crippen LogP contribution in [0.25, 0.3) is 11.4 Å². The molecule has 0 unspecified atom stereocenters. The zero-order valence-corrected chi connectivity index (χ0v) is 15.2. The van der Waals surface area contributed by atoms with Crippen molar-refractivity contribution in [3.8, 4) is 11.4 Å². The lowest BCUT2D eigenvalue weighted by molar-refractivity contribution is -0.120. The molecule has 0 saturated heterocycles. The monoisotopic (exact) mass is 349 g/mol. The summed E-state index contributed by atoms with van der Waals surface area (Å²) < 4.78 is 0. The number of nitrogens with zero attached hydrogens (tertiary/aromatic N) is 2. The highest BCUT2D eigenvalue weighted by Crippen LogP contribution is 2.26. The van der Waals surface area contributed by atoms with E-state index in [9.17, 15) is 4.79 Å². The second kappa shape index (κ2) is 7.09. The van der Waals surface area contributed by atoms with Crippen molar-refractivity contribution in [2.24, 2.45) is 5.73 Å². The van der Waals surface area contributed by atoms with Crippen LogP contribution < -0.4 is 11.1 Å². The van der Waals surface area contributed by atoms with E-state index in [1.165, 1.54) is 5.56 Å². The molecule has 3 aromatic rings. The number of nitrogens with two attached hydrogens (primary N) is 1. The van der Waals surface area contributed by atoms with E-state index in [0.717, 1.165) is 16.8 Å². The van der Waals surface area contributed by atoms with E-state index in [-0.39, 0.29) is 5.91 Å².